The lowest BCUT2D eigenvalue weighted by Gasteiger charge is -2.16. The predicted molar refractivity (Wildman–Crippen MR) is 114 cm³/mol. The van der Waals surface area contributed by atoms with Gasteiger partial charge in [-0.05, 0) is 23.1 Å². The first-order valence-corrected chi connectivity index (χ1v) is 10.6. The van der Waals surface area contributed by atoms with Crippen molar-refractivity contribution in [3.63, 3.8) is 0 Å². The van der Waals surface area contributed by atoms with Crippen LogP contribution < -0.4 is 5.32 Å². The largest absolute Gasteiger partial charge is 0.465 e. The highest BCUT2D eigenvalue weighted by Crippen LogP contribution is 2.37. The van der Waals surface area contributed by atoms with Crippen molar-refractivity contribution in [2.24, 2.45) is 4.99 Å². The van der Waals surface area contributed by atoms with Crippen LogP contribution in [0.5, 0.6) is 0 Å². The van der Waals surface area contributed by atoms with Gasteiger partial charge in [0, 0.05) is 28.2 Å². The fraction of sp³-hybridized carbons (Fsp3) is 0.211. The number of amides is 1. The number of ether oxygens (including phenoxy) is 1. The molecule has 9 heteroatoms. The maximum absolute atomic E-state index is 12.6. The third-order valence-electron chi connectivity index (χ3n) is 4.38. The van der Waals surface area contributed by atoms with Crippen LogP contribution in [-0.4, -0.2) is 42.1 Å². The second-order valence-corrected chi connectivity index (χ2v) is 8.27. The van der Waals surface area contributed by atoms with Gasteiger partial charge >= 0.3 is 5.97 Å². The molecule has 0 fully saturated rings. The van der Waals surface area contributed by atoms with E-state index in [4.69, 9.17) is 16.3 Å². The molecule has 2 aliphatic heterocycles. The Morgan fingerprint density at radius 2 is 2.11 bits per heavy atom. The van der Waals surface area contributed by atoms with Crippen molar-refractivity contribution in [1.29, 1.82) is 0 Å². The first kappa shape index (κ1) is 19.0. The van der Waals surface area contributed by atoms with Gasteiger partial charge in [0.15, 0.2) is 5.17 Å². The number of esters is 1. The summed E-state index contributed by atoms with van der Waals surface area (Å²) in [6, 6.07) is 7.18. The number of benzene rings is 1. The number of carbonyl (C=O) groups is 2. The fourth-order valence-corrected chi connectivity index (χ4v) is 5.10. The number of halogens is 1. The topological polar surface area (TPSA) is 71.0 Å². The third-order valence-corrected chi connectivity index (χ3v) is 6.48. The Hall–Kier alpha value is -2.29. The zero-order chi connectivity index (χ0) is 19.7. The van der Waals surface area contributed by atoms with Crippen LogP contribution in [0.15, 0.2) is 45.7 Å². The molecule has 0 saturated heterocycles. The van der Waals surface area contributed by atoms with Crippen LogP contribution in [0.2, 0.25) is 5.02 Å². The molecule has 0 saturated carbocycles. The van der Waals surface area contributed by atoms with Crippen LogP contribution in [-0.2, 0) is 9.53 Å². The predicted octanol–water partition coefficient (Wildman–Crippen LogP) is 4.44. The number of rotatable bonds is 5. The summed E-state index contributed by atoms with van der Waals surface area (Å²) in [5.74, 6) is -0.680. The number of hydrogen-bond donors (Lipinski definition) is 1. The average molecular weight is 434 g/mol. The van der Waals surface area contributed by atoms with E-state index < -0.39 is 5.97 Å². The van der Waals surface area contributed by atoms with Crippen LogP contribution in [0, 0.1) is 0 Å². The van der Waals surface area contributed by atoms with Crippen molar-refractivity contribution in [3.8, 4) is 11.1 Å². The van der Waals surface area contributed by atoms with E-state index in [1.54, 1.807) is 12.1 Å². The standard InChI is InChI=1S/C19H16ClN3O3S2/c1-26-18(25)16-14(11-2-4-12(20)5-3-11)10-27-17(16)22-15(24)8-13-9-28-19-21-6-7-23(13)19/h2-5,9-10H,6-8H2,1H3,(H,22,24). The molecule has 0 radical (unpaired) electrons. The van der Waals surface area contributed by atoms with Crippen molar-refractivity contribution in [3.05, 3.63) is 51.3 Å². The summed E-state index contributed by atoms with van der Waals surface area (Å²) in [5.41, 5.74) is 2.80. The highest BCUT2D eigenvalue weighted by Gasteiger charge is 2.28. The quantitative estimate of drug-likeness (QED) is 0.705. The third kappa shape index (κ3) is 3.67. The van der Waals surface area contributed by atoms with Gasteiger partial charge < -0.3 is 15.0 Å². The minimum atomic E-state index is -0.494. The molecule has 0 aliphatic carbocycles. The molecule has 1 aromatic heterocycles. The zero-order valence-corrected chi connectivity index (χ0v) is 17.3. The number of thioether (sulfide) groups is 1. The van der Waals surface area contributed by atoms with Gasteiger partial charge in [0.05, 0.1) is 20.1 Å². The summed E-state index contributed by atoms with van der Waals surface area (Å²) in [6.45, 7) is 1.55. The van der Waals surface area contributed by atoms with Gasteiger partial charge in [-0.15, -0.1) is 11.3 Å². The van der Waals surface area contributed by atoms with E-state index in [0.717, 1.165) is 29.5 Å². The van der Waals surface area contributed by atoms with Crippen LogP contribution >= 0.6 is 34.7 Å². The molecule has 0 unspecified atom stereocenters. The summed E-state index contributed by atoms with van der Waals surface area (Å²) >= 11 is 8.79. The lowest BCUT2D eigenvalue weighted by molar-refractivity contribution is -0.115. The molecule has 144 valence electrons. The first-order chi connectivity index (χ1) is 13.6. The summed E-state index contributed by atoms with van der Waals surface area (Å²) in [6.07, 6.45) is 0.223. The average Bonchev–Trinajstić information content (AvgIpc) is 3.39. The molecule has 0 spiro atoms. The van der Waals surface area contributed by atoms with Gasteiger partial charge in [-0.3, -0.25) is 9.79 Å². The molecule has 0 bridgehead atoms. The highest BCUT2D eigenvalue weighted by atomic mass is 35.5. The first-order valence-electron chi connectivity index (χ1n) is 8.50. The van der Waals surface area contributed by atoms with Gasteiger partial charge in [-0.2, -0.15) is 0 Å². The number of methoxy groups -OCH3 is 1. The maximum Gasteiger partial charge on any atom is 0.341 e. The van der Waals surface area contributed by atoms with E-state index in [-0.39, 0.29) is 12.3 Å². The van der Waals surface area contributed by atoms with Crippen LogP contribution in [0.4, 0.5) is 5.00 Å². The molecule has 2 aromatic rings. The number of nitrogens with one attached hydrogen (secondary N) is 1. The van der Waals surface area contributed by atoms with Crippen LogP contribution in [0.1, 0.15) is 16.8 Å². The van der Waals surface area contributed by atoms with Crippen molar-refractivity contribution in [2.75, 3.05) is 25.5 Å². The molecular weight excluding hydrogens is 418 g/mol. The minimum absolute atomic E-state index is 0.186. The number of thiophene rings is 1. The van der Waals surface area contributed by atoms with E-state index in [1.165, 1.54) is 30.2 Å². The normalized spacial score (nSPS) is 15.1. The summed E-state index contributed by atoms with van der Waals surface area (Å²) in [5, 5.41) is 8.69. The number of fused-ring (bicyclic) bond motifs is 1. The number of amidine groups is 1. The molecule has 3 heterocycles. The van der Waals surface area contributed by atoms with E-state index in [1.807, 2.05) is 22.9 Å². The number of hydrogen-bond acceptors (Lipinski definition) is 7. The van der Waals surface area contributed by atoms with Gasteiger partial charge in [0.25, 0.3) is 0 Å². The SMILES string of the molecule is COC(=O)c1c(-c2ccc(Cl)cc2)csc1NC(=O)CC1=CSC2=NCCN12. The van der Waals surface area contributed by atoms with E-state index >= 15 is 0 Å². The van der Waals surface area contributed by atoms with Crippen LogP contribution in [0.3, 0.4) is 0 Å². The van der Waals surface area contributed by atoms with Crippen molar-refractivity contribution in [2.45, 2.75) is 6.42 Å². The van der Waals surface area contributed by atoms with Crippen molar-refractivity contribution in [1.82, 2.24) is 4.90 Å². The Kier molecular flexibility index (Phi) is 5.43. The van der Waals surface area contributed by atoms with Gasteiger partial charge in [-0.25, -0.2) is 4.79 Å². The molecule has 28 heavy (non-hydrogen) atoms. The molecule has 2 aliphatic rings. The minimum Gasteiger partial charge on any atom is -0.465 e. The smallest absolute Gasteiger partial charge is 0.341 e. The van der Waals surface area contributed by atoms with Crippen molar-refractivity contribution >= 4 is 56.7 Å². The highest BCUT2D eigenvalue weighted by molar-refractivity contribution is 8.16. The second-order valence-electron chi connectivity index (χ2n) is 6.12. The Labute approximate surface area is 175 Å². The van der Waals surface area contributed by atoms with Crippen LogP contribution in [0.25, 0.3) is 11.1 Å². The Morgan fingerprint density at radius 1 is 1.32 bits per heavy atom. The van der Waals surface area contributed by atoms with E-state index in [0.29, 0.717) is 21.2 Å². The van der Waals surface area contributed by atoms with Gasteiger partial charge in [0.1, 0.15) is 10.6 Å². The lowest BCUT2D eigenvalue weighted by atomic mass is 10.0. The fourth-order valence-electron chi connectivity index (χ4n) is 3.05. The second kappa shape index (κ2) is 7.98. The van der Waals surface area contributed by atoms with Gasteiger partial charge in [-0.1, -0.05) is 35.5 Å². The molecule has 0 atom stereocenters. The molecule has 6 nitrogen and oxygen atoms in total. The number of aliphatic imine (C=N–C) groups is 1. The Morgan fingerprint density at radius 3 is 2.86 bits per heavy atom. The Bertz CT molecular complexity index is 998. The molecule has 1 N–H and O–H groups in total. The molecular formula is C19H16ClN3O3S2. The van der Waals surface area contributed by atoms with E-state index in [2.05, 4.69) is 15.2 Å². The molecule has 4 rings (SSSR count). The number of carbonyl (C=O) groups excluding carboxylic acids is 2. The summed E-state index contributed by atoms with van der Waals surface area (Å²) < 4.78 is 4.94. The molecule has 1 amide bonds. The number of anilines is 1. The zero-order valence-electron chi connectivity index (χ0n) is 14.9. The summed E-state index contributed by atoms with van der Waals surface area (Å²) in [7, 11) is 1.33. The van der Waals surface area contributed by atoms with Gasteiger partial charge in [0.2, 0.25) is 5.91 Å². The Balaban J connectivity index is 1.55. The summed E-state index contributed by atoms with van der Waals surface area (Å²) in [4.78, 5) is 31.5. The van der Waals surface area contributed by atoms with Crippen molar-refractivity contribution < 1.29 is 14.3 Å². The number of nitrogens with zero attached hydrogens (tertiary/aromatic N) is 2. The molecule has 1 aromatic carbocycles. The maximum atomic E-state index is 12.6. The lowest BCUT2D eigenvalue weighted by Crippen LogP contribution is -2.24. The van der Waals surface area contributed by atoms with E-state index in [9.17, 15) is 9.59 Å². The monoisotopic (exact) mass is 433 g/mol.